The molecule has 2 nitrogen and oxygen atoms in total. The van der Waals surface area contributed by atoms with Crippen molar-refractivity contribution in [2.45, 2.75) is 58.2 Å². The van der Waals surface area contributed by atoms with Gasteiger partial charge in [0.1, 0.15) is 0 Å². The van der Waals surface area contributed by atoms with Gasteiger partial charge in [-0.3, -0.25) is 4.90 Å². The van der Waals surface area contributed by atoms with Gasteiger partial charge in [-0.05, 0) is 49.3 Å². The average molecular weight is 272 g/mol. The smallest absolute Gasteiger partial charge is 0.0233 e. The average Bonchev–Trinajstić information content (AvgIpc) is 3.30. The number of rotatable bonds is 6. The quantitative estimate of drug-likeness (QED) is 0.852. The van der Waals surface area contributed by atoms with E-state index in [1.54, 1.807) is 0 Å². The van der Waals surface area contributed by atoms with Crippen molar-refractivity contribution < 1.29 is 0 Å². The Labute approximate surface area is 123 Å². The highest BCUT2D eigenvalue weighted by molar-refractivity contribution is 5.23. The Kier molecular flexibility index (Phi) is 4.74. The second-order valence-corrected chi connectivity index (χ2v) is 6.63. The Morgan fingerprint density at radius 1 is 1.20 bits per heavy atom. The third kappa shape index (κ3) is 4.07. The molecule has 0 bridgehead atoms. The van der Waals surface area contributed by atoms with Gasteiger partial charge >= 0.3 is 0 Å². The number of piperidine rings is 1. The van der Waals surface area contributed by atoms with Crippen molar-refractivity contribution in [3.05, 3.63) is 35.4 Å². The molecule has 2 fully saturated rings. The Hall–Kier alpha value is -0.860. The molecule has 1 aliphatic carbocycles. The van der Waals surface area contributed by atoms with Crippen LogP contribution in [0, 0.1) is 5.92 Å². The number of nitrogens with zero attached hydrogens (tertiary/aromatic N) is 1. The molecule has 20 heavy (non-hydrogen) atoms. The van der Waals surface area contributed by atoms with Crippen LogP contribution in [0.1, 0.15) is 50.2 Å². The van der Waals surface area contributed by atoms with Crippen molar-refractivity contribution in [2.75, 3.05) is 13.1 Å². The molecule has 1 saturated carbocycles. The molecule has 1 aromatic carbocycles. The lowest BCUT2D eigenvalue weighted by Gasteiger charge is -2.32. The Balaban J connectivity index is 1.54. The first-order valence-corrected chi connectivity index (χ1v) is 8.37. The van der Waals surface area contributed by atoms with Crippen molar-refractivity contribution in [3.63, 3.8) is 0 Å². The largest absolute Gasteiger partial charge is 0.310 e. The Morgan fingerprint density at radius 3 is 2.85 bits per heavy atom. The van der Waals surface area contributed by atoms with Gasteiger partial charge in [0.15, 0.2) is 0 Å². The first-order chi connectivity index (χ1) is 9.83. The molecule has 1 aromatic rings. The molecule has 2 aliphatic rings. The van der Waals surface area contributed by atoms with E-state index >= 15 is 0 Å². The third-order valence-electron chi connectivity index (χ3n) is 4.75. The van der Waals surface area contributed by atoms with Crippen LogP contribution in [-0.4, -0.2) is 24.0 Å². The molecule has 0 amide bonds. The number of hydrogen-bond acceptors (Lipinski definition) is 2. The molecule has 0 aromatic heterocycles. The van der Waals surface area contributed by atoms with E-state index in [9.17, 15) is 0 Å². The van der Waals surface area contributed by atoms with Gasteiger partial charge in [-0.15, -0.1) is 0 Å². The summed E-state index contributed by atoms with van der Waals surface area (Å²) in [7, 11) is 0. The van der Waals surface area contributed by atoms with Gasteiger partial charge in [-0.1, -0.05) is 37.6 Å². The topological polar surface area (TPSA) is 15.3 Å². The molecular formula is C18H28N2. The van der Waals surface area contributed by atoms with Gasteiger partial charge in [0.25, 0.3) is 0 Å². The van der Waals surface area contributed by atoms with E-state index in [4.69, 9.17) is 0 Å². The van der Waals surface area contributed by atoms with E-state index in [2.05, 4.69) is 41.4 Å². The minimum Gasteiger partial charge on any atom is -0.310 e. The van der Waals surface area contributed by atoms with Crippen molar-refractivity contribution in [2.24, 2.45) is 5.92 Å². The van der Waals surface area contributed by atoms with E-state index in [1.165, 1.54) is 56.3 Å². The SMILES string of the molecule is CCC1CCCN(Cc2cccc(CNC3CC3)c2)C1. The molecule has 110 valence electrons. The third-order valence-corrected chi connectivity index (χ3v) is 4.75. The Bertz CT molecular complexity index is 425. The maximum absolute atomic E-state index is 3.61. The number of benzene rings is 1. The summed E-state index contributed by atoms with van der Waals surface area (Å²) in [5.74, 6) is 0.920. The molecule has 1 unspecified atom stereocenters. The number of nitrogens with one attached hydrogen (secondary N) is 1. The summed E-state index contributed by atoms with van der Waals surface area (Å²) in [4.78, 5) is 2.64. The van der Waals surface area contributed by atoms with E-state index in [0.717, 1.165) is 25.0 Å². The zero-order valence-corrected chi connectivity index (χ0v) is 12.8. The molecule has 1 heterocycles. The van der Waals surface area contributed by atoms with E-state index in [0.29, 0.717) is 0 Å². The lowest BCUT2D eigenvalue weighted by molar-refractivity contribution is 0.164. The second-order valence-electron chi connectivity index (χ2n) is 6.63. The summed E-state index contributed by atoms with van der Waals surface area (Å²) >= 11 is 0. The lowest BCUT2D eigenvalue weighted by Crippen LogP contribution is -2.34. The van der Waals surface area contributed by atoms with Gasteiger partial charge in [0.2, 0.25) is 0 Å². The molecule has 1 aliphatic heterocycles. The standard InChI is InChI=1S/C18H28N2/c1-2-15-7-4-10-20(13-15)14-17-6-3-5-16(11-17)12-19-18-8-9-18/h3,5-6,11,15,18-19H,2,4,7-10,12-14H2,1H3. The molecule has 2 heteroatoms. The molecule has 1 N–H and O–H groups in total. The zero-order chi connectivity index (χ0) is 13.8. The van der Waals surface area contributed by atoms with Crippen molar-refractivity contribution in [1.82, 2.24) is 10.2 Å². The van der Waals surface area contributed by atoms with Crippen LogP contribution in [0.2, 0.25) is 0 Å². The van der Waals surface area contributed by atoms with Gasteiger partial charge in [-0.2, -0.15) is 0 Å². The highest BCUT2D eigenvalue weighted by atomic mass is 15.1. The van der Waals surface area contributed by atoms with Crippen LogP contribution < -0.4 is 5.32 Å². The lowest BCUT2D eigenvalue weighted by atomic mass is 9.95. The van der Waals surface area contributed by atoms with Gasteiger partial charge in [0, 0.05) is 25.7 Å². The fourth-order valence-electron chi connectivity index (χ4n) is 3.27. The summed E-state index contributed by atoms with van der Waals surface area (Å²) in [6, 6.07) is 9.96. The first kappa shape index (κ1) is 14.1. The van der Waals surface area contributed by atoms with Gasteiger partial charge in [-0.25, -0.2) is 0 Å². The maximum atomic E-state index is 3.61. The maximum Gasteiger partial charge on any atom is 0.0233 e. The normalized spacial score (nSPS) is 23.9. The summed E-state index contributed by atoms with van der Waals surface area (Å²) in [6.07, 6.45) is 6.87. The Morgan fingerprint density at radius 2 is 2.05 bits per heavy atom. The fraction of sp³-hybridized carbons (Fsp3) is 0.667. The van der Waals surface area contributed by atoms with Crippen LogP contribution in [0.5, 0.6) is 0 Å². The van der Waals surface area contributed by atoms with Crippen LogP contribution in [0.15, 0.2) is 24.3 Å². The van der Waals surface area contributed by atoms with Crippen LogP contribution in [0.3, 0.4) is 0 Å². The summed E-state index contributed by atoms with van der Waals surface area (Å²) in [5, 5.41) is 3.61. The van der Waals surface area contributed by atoms with Crippen molar-refractivity contribution in [1.29, 1.82) is 0 Å². The first-order valence-electron chi connectivity index (χ1n) is 8.37. The van der Waals surface area contributed by atoms with Crippen LogP contribution >= 0.6 is 0 Å². The van der Waals surface area contributed by atoms with Crippen LogP contribution in [0.4, 0.5) is 0 Å². The van der Waals surface area contributed by atoms with Gasteiger partial charge in [0.05, 0.1) is 0 Å². The van der Waals surface area contributed by atoms with Crippen molar-refractivity contribution in [3.8, 4) is 0 Å². The zero-order valence-electron chi connectivity index (χ0n) is 12.8. The summed E-state index contributed by atoms with van der Waals surface area (Å²) < 4.78 is 0. The molecule has 0 spiro atoms. The van der Waals surface area contributed by atoms with E-state index in [1.807, 2.05) is 0 Å². The minimum absolute atomic E-state index is 0.797. The highest BCUT2D eigenvalue weighted by Gasteiger charge is 2.20. The second kappa shape index (κ2) is 6.73. The summed E-state index contributed by atoms with van der Waals surface area (Å²) in [6.45, 7) is 7.07. The van der Waals surface area contributed by atoms with Crippen molar-refractivity contribution >= 4 is 0 Å². The number of hydrogen-bond donors (Lipinski definition) is 1. The van der Waals surface area contributed by atoms with Crippen LogP contribution in [0.25, 0.3) is 0 Å². The highest BCUT2D eigenvalue weighted by Crippen LogP contribution is 2.22. The van der Waals surface area contributed by atoms with Crippen LogP contribution in [-0.2, 0) is 13.1 Å². The fourth-order valence-corrected chi connectivity index (χ4v) is 3.27. The van der Waals surface area contributed by atoms with E-state index < -0.39 is 0 Å². The molecular weight excluding hydrogens is 244 g/mol. The summed E-state index contributed by atoms with van der Waals surface area (Å²) in [5.41, 5.74) is 2.93. The predicted molar refractivity (Wildman–Crippen MR) is 84.6 cm³/mol. The molecule has 3 rings (SSSR count). The molecule has 1 saturated heterocycles. The number of likely N-dealkylation sites (tertiary alicyclic amines) is 1. The van der Waals surface area contributed by atoms with Gasteiger partial charge < -0.3 is 5.32 Å². The molecule has 1 atom stereocenters. The monoisotopic (exact) mass is 272 g/mol. The minimum atomic E-state index is 0.797. The van der Waals surface area contributed by atoms with E-state index in [-0.39, 0.29) is 0 Å². The predicted octanol–water partition coefficient (Wildman–Crippen LogP) is 3.56. The molecule has 0 radical (unpaired) electrons.